The average Bonchev–Trinajstić information content (AvgIpc) is 2.28. The normalized spacial score (nSPS) is 12.5. The number of methoxy groups -OCH3 is 1. The lowest BCUT2D eigenvalue weighted by Crippen LogP contribution is -2.16. The lowest BCUT2D eigenvalue weighted by atomic mass is 9.99. The van der Waals surface area contributed by atoms with Crippen molar-refractivity contribution in [2.75, 3.05) is 13.7 Å². The summed E-state index contributed by atoms with van der Waals surface area (Å²) in [5.41, 5.74) is 0.844. The fourth-order valence-corrected chi connectivity index (χ4v) is 1.96. The van der Waals surface area contributed by atoms with Gasteiger partial charge in [0.05, 0.1) is 18.2 Å². The molecule has 1 N–H and O–H groups in total. The molecule has 0 aliphatic rings. The molecule has 1 aromatic carbocycles. The van der Waals surface area contributed by atoms with Crippen molar-refractivity contribution in [2.45, 2.75) is 20.0 Å². The van der Waals surface area contributed by atoms with E-state index in [-0.39, 0.29) is 18.6 Å². The van der Waals surface area contributed by atoms with E-state index in [1.54, 1.807) is 19.2 Å². The quantitative estimate of drug-likeness (QED) is 0.864. The topological polar surface area (TPSA) is 55.8 Å². The van der Waals surface area contributed by atoms with E-state index in [1.165, 1.54) is 0 Å². The number of carboxylic acid groups (broad SMARTS) is 1. The second-order valence-electron chi connectivity index (χ2n) is 4.26. The van der Waals surface area contributed by atoms with Crippen LogP contribution in [-0.4, -0.2) is 24.8 Å². The molecule has 18 heavy (non-hydrogen) atoms. The fourth-order valence-electron chi connectivity index (χ4n) is 1.69. The average molecular weight is 273 g/mol. The zero-order valence-electron chi connectivity index (χ0n) is 10.6. The third kappa shape index (κ3) is 3.89. The van der Waals surface area contributed by atoms with E-state index in [2.05, 4.69) is 0 Å². The van der Waals surface area contributed by atoms with Crippen molar-refractivity contribution in [1.82, 2.24) is 0 Å². The lowest BCUT2D eigenvalue weighted by molar-refractivity contribution is -0.145. The Labute approximate surface area is 111 Å². The molecule has 0 amide bonds. The van der Waals surface area contributed by atoms with E-state index in [0.29, 0.717) is 10.8 Å². The molecule has 0 fully saturated rings. The first kappa shape index (κ1) is 14.8. The van der Waals surface area contributed by atoms with Gasteiger partial charge in [-0.05, 0) is 23.6 Å². The highest BCUT2D eigenvalue weighted by molar-refractivity contribution is 6.32. The van der Waals surface area contributed by atoms with E-state index in [9.17, 15) is 4.79 Å². The van der Waals surface area contributed by atoms with Crippen LogP contribution in [0.15, 0.2) is 18.2 Å². The molecule has 1 atom stereocenters. The standard InChI is InChI=1S/C13H17ClO4/c1-8(2)13(18-7-12(15)16)9-4-5-11(17-3)10(14)6-9/h4-6,8,13H,7H2,1-3H3,(H,15,16). The third-order valence-electron chi connectivity index (χ3n) is 2.50. The van der Waals surface area contributed by atoms with Gasteiger partial charge < -0.3 is 14.6 Å². The minimum atomic E-state index is -0.986. The second-order valence-corrected chi connectivity index (χ2v) is 4.67. The van der Waals surface area contributed by atoms with Crippen LogP contribution >= 0.6 is 11.6 Å². The first-order valence-electron chi connectivity index (χ1n) is 5.62. The number of ether oxygens (including phenoxy) is 2. The summed E-state index contributed by atoms with van der Waals surface area (Å²) in [6, 6.07) is 5.32. The molecule has 1 aromatic rings. The second kappa shape index (κ2) is 6.61. The Morgan fingerprint density at radius 3 is 2.56 bits per heavy atom. The van der Waals surface area contributed by atoms with E-state index < -0.39 is 5.97 Å². The van der Waals surface area contributed by atoms with Crippen LogP contribution in [0.5, 0.6) is 5.75 Å². The Morgan fingerprint density at radius 2 is 2.11 bits per heavy atom. The number of aliphatic carboxylic acids is 1. The van der Waals surface area contributed by atoms with Crippen LogP contribution in [0.2, 0.25) is 5.02 Å². The number of benzene rings is 1. The van der Waals surface area contributed by atoms with Gasteiger partial charge in [-0.25, -0.2) is 4.79 Å². The predicted molar refractivity (Wildman–Crippen MR) is 69.2 cm³/mol. The Bertz CT molecular complexity index is 417. The highest BCUT2D eigenvalue weighted by atomic mass is 35.5. The molecule has 0 aliphatic carbocycles. The van der Waals surface area contributed by atoms with Gasteiger partial charge in [-0.1, -0.05) is 31.5 Å². The minimum absolute atomic E-state index is 0.147. The highest BCUT2D eigenvalue weighted by Gasteiger charge is 2.19. The molecule has 0 aliphatic heterocycles. The number of carbonyl (C=O) groups is 1. The zero-order valence-corrected chi connectivity index (χ0v) is 11.4. The van der Waals surface area contributed by atoms with Crippen molar-refractivity contribution in [1.29, 1.82) is 0 Å². The maximum absolute atomic E-state index is 10.6. The fraction of sp³-hybridized carbons (Fsp3) is 0.462. The predicted octanol–water partition coefficient (Wildman–Crippen LogP) is 3.15. The van der Waals surface area contributed by atoms with Crippen molar-refractivity contribution in [3.8, 4) is 5.75 Å². The molecular weight excluding hydrogens is 256 g/mol. The molecule has 0 saturated heterocycles. The maximum Gasteiger partial charge on any atom is 0.329 e. The monoisotopic (exact) mass is 272 g/mol. The van der Waals surface area contributed by atoms with Crippen LogP contribution in [0.1, 0.15) is 25.5 Å². The van der Waals surface area contributed by atoms with Crippen molar-refractivity contribution >= 4 is 17.6 Å². The van der Waals surface area contributed by atoms with Gasteiger partial charge in [0, 0.05) is 0 Å². The van der Waals surface area contributed by atoms with Gasteiger partial charge >= 0.3 is 5.97 Å². The molecule has 1 unspecified atom stereocenters. The first-order valence-corrected chi connectivity index (χ1v) is 6.00. The summed E-state index contributed by atoms with van der Waals surface area (Å²) in [6.45, 7) is 3.60. The van der Waals surface area contributed by atoms with Crippen molar-refractivity contribution in [3.63, 3.8) is 0 Å². The number of halogens is 1. The summed E-state index contributed by atoms with van der Waals surface area (Å²) in [5.74, 6) is -0.254. The van der Waals surface area contributed by atoms with Crippen LogP contribution in [0.25, 0.3) is 0 Å². The third-order valence-corrected chi connectivity index (χ3v) is 2.79. The molecule has 100 valence electrons. The van der Waals surface area contributed by atoms with Crippen molar-refractivity contribution in [3.05, 3.63) is 28.8 Å². The number of hydrogen-bond donors (Lipinski definition) is 1. The van der Waals surface area contributed by atoms with Gasteiger partial charge in [0.1, 0.15) is 12.4 Å². The van der Waals surface area contributed by atoms with Crippen LogP contribution in [-0.2, 0) is 9.53 Å². The van der Waals surface area contributed by atoms with Gasteiger partial charge in [0.2, 0.25) is 0 Å². The van der Waals surface area contributed by atoms with Gasteiger partial charge in [0.25, 0.3) is 0 Å². The van der Waals surface area contributed by atoms with E-state index in [0.717, 1.165) is 5.56 Å². The molecule has 0 spiro atoms. The number of hydrogen-bond acceptors (Lipinski definition) is 3. The van der Waals surface area contributed by atoms with E-state index in [4.69, 9.17) is 26.2 Å². The van der Waals surface area contributed by atoms with Gasteiger partial charge in [-0.2, -0.15) is 0 Å². The van der Waals surface area contributed by atoms with E-state index in [1.807, 2.05) is 19.9 Å². The van der Waals surface area contributed by atoms with E-state index >= 15 is 0 Å². The Hall–Kier alpha value is -1.26. The summed E-state index contributed by atoms with van der Waals surface area (Å²) >= 11 is 6.04. The summed E-state index contributed by atoms with van der Waals surface area (Å²) in [7, 11) is 1.54. The van der Waals surface area contributed by atoms with Crippen LogP contribution < -0.4 is 4.74 Å². The van der Waals surface area contributed by atoms with Crippen LogP contribution in [0.3, 0.4) is 0 Å². The highest BCUT2D eigenvalue weighted by Crippen LogP contribution is 2.32. The summed E-state index contributed by atoms with van der Waals surface area (Å²) in [6.07, 6.45) is -0.301. The summed E-state index contributed by atoms with van der Waals surface area (Å²) in [5, 5.41) is 9.14. The molecule has 0 heterocycles. The number of rotatable bonds is 6. The smallest absolute Gasteiger partial charge is 0.329 e. The Morgan fingerprint density at radius 1 is 1.44 bits per heavy atom. The molecule has 5 heteroatoms. The SMILES string of the molecule is COc1ccc(C(OCC(=O)O)C(C)C)cc1Cl. The molecule has 1 rings (SSSR count). The molecule has 0 bridgehead atoms. The van der Waals surface area contributed by atoms with Crippen LogP contribution in [0.4, 0.5) is 0 Å². The Kier molecular flexibility index (Phi) is 5.44. The lowest BCUT2D eigenvalue weighted by Gasteiger charge is -2.21. The summed E-state index contributed by atoms with van der Waals surface area (Å²) < 4.78 is 10.5. The van der Waals surface area contributed by atoms with Crippen molar-refractivity contribution in [2.24, 2.45) is 5.92 Å². The van der Waals surface area contributed by atoms with Gasteiger partial charge in [0.15, 0.2) is 0 Å². The molecular formula is C13H17ClO4. The zero-order chi connectivity index (χ0) is 13.7. The minimum Gasteiger partial charge on any atom is -0.495 e. The molecule has 0 saturated carbocycles. The largest absolute Gasteiger partial charge is 0.495 e. The first-order chi connectivity index (χ1) is 8.45. The molecule has 0 aromatic heterocycles. The molecule has 4 nitrogen and oxygen atoms in total. The number of carboxylic acids is 1. The van der Waals surface area contributed by atoms with Crippen molar-refractivity contribution < 1.29 is 19.4 Å². The maximum atomic E-state index is 10.6. The summed E-state index contributed by atoms with van der Waals surface area (Å²) in [4.78, 5) is 10.6. The van der Waals surface area contributed by atoms with Gasteiger partial charge in [-0.3, -0.25) is 0 Å². The Balaban J connectivity index is 2.92. The molecule has 0 radical (unpaired) electrons. The van der Waals surface area contributed by atoms with Crippen LogP contribution in [0, 0.1) is 5.92 Å². The van der Waals surface area contributed by atoms with Gasteiger partial charge in [-0.15, -0.1) is 0 Å².